The molecule has 0 bridgehead atoms. The second-order valence-electron chi connectivity index (χ2n) is 10.7. The number of rotatable bonds is 12. The molecule has 0 fully saturated rings. The zero-order valence-corrected chi connectivity index (χ0v) is 29.3. The highest BCUT2D eigenvalue weighted by atomic mass is 32.2. The van der Waals surface area contributed by atoms with Gasteiger partial charge in [-0.25, -0.2) is 4.98 Å². The van der Waals surface area contributed by atoms with Crippen LogP contribution in [0.5, 0.6) is 17.5 Å². The molecule has 0 radical (unpaired) electrons. The number of phenolic OH excluding ortho intramolecular Hbond substituents is 1. The molecule has 3 N–H and O–H groups in total. The molecule has 20 heteroatoms. The van der Waals surface area contributed by atoms with E-state index in [1.165, 1.54) is 12.1 Å². The molecule has 268 valence electrons. The van der Waals surface area contributed by atoms with E-state index >= 15 is 0 Å². The van der Waals surface area contributed by atoms with Crippen LogP contribution in [0.2, 0.25) is 0 Å². The molecular formula is C32H26N6O11S3. The fourth-order valence-electron chi connectivity index (χ4n) is 5.16. The third kappa shape index (κ3) is 7.66. The van der Waals surface area contributed by atoms with Crippen molar-refractivity contribution in [3.05, 3.63) is 96.8 Å². The Morgan fingerprint density at radius 2 is 1.50 bits per heavy atom. The van der Waals surface area contributed by atoms with Gasteiger partial charge in [-0.2, -0.15) is 35.2 Å². The molecule has 0 unspecified atom stereocenters. The SMILES string of the molecule is COS(=O)(=O)c1cc(Nc2ncnc(Oc3ccccc3)n2)c2c(O)c(N=Nc3ccc4ccccc4c3S(=O)(=O)OC)c(CS(=O)(=O)O)cc2c1. The summed E-state index contributed by atoms with van der Waals surface area (Å²) in [4.78, 5) is 11.5. The maximum atomic E-state index is 13.0. The van der Waals surface area contributed by atoms with Crippen LogP contribution < -0.4 is 10.1 Å². The summed E-state index contributed by atoms with van der Waals surface area (Å²) in [6, 6.07) is 21.2. The van der Waals surface area contributed by atoms with Crippen molar-refractivity contribution in [3.8, 4) is 17.5 Å². The predicted molar refractivity (Wildman–Crippen MR) is 187 cm³/mol. The van der Waals surface area contributed by atoms with Crippen molar-refractivity contribution in [2.45, 2.75) is 15.5 Å². The number of phenols is 1. The Hall–Kier alpha value is -5.64. The van der Waals surface area contributed by atoms with Crippen molar-refractivity contribution in [1.82, 2.24) is 15.0 Å². The minimum absolute atomic E-state index is 0.0566. The molecule has 0 aliphatic rings. The Labute approximate surface area is 296 Å². The Bertz CT molecular complexity index is 2710. The number of benzene rings is 5. The molecule has 6 aromatic rings. The van der Waals surface area contributed by atoms with Gasteiger partial charge in [0.25, 0.3) is 30.4 Å². The summed E-state index contributed by atoms with van der Waals surface area (Å²) >= 11 is 0. The van der Waals surface area contributed by atoms with E-state index in [-0.39, 0.29) is 50.0 Å². The molecule has 0 aliphatic carbocycles. The van der Waals surface area contributed by atoms with Gasteiger partial charge in [0.15, 0.2) is 5.75 Å². The second-order valence-corrected chi connectivity index (χ2v) is 15.6. The highest BCUT2D eigenvalue weighted by molar-refractivity contribution is 7.87. The number of hydrogen-bond acceptors (Lipinski definition) is 16. The average molecular weight is 767 g/mol. The number of aromatic hydroxyl groups is 1. The lowest BCUT2D eigenvalue weighted by Gasteiger charge is -2.16. The Morgan fingerprint density at radius 1 is 0.788 bits per heavy atom. The summed E-state index contributed by atoms with van der Waals surface area (Å²) in [7, 11) is -11.7. The van der Waals surface area contributed by atoms with E-state index < -0.39 is 52.4 Å². The molecule has 0 amide bonds. The largest absolute Gasteiger partial charge is 0.505 e. The van der Waals surface area contributed by atoms with Crippen molar-refractivity contribution in [3.63, 3.8) is 0 Å². The molecule has 6 rings (SSSR count). The van der Waals surface area contributed by atoms with Gasteiger partial charge in [0, 0.05) is 16.3 Å². The molecule has 0 saturated carbocycles. The molecule has 0 spiro atoms. The number of para-hydroxylation sites is 1. The average Bonchev–Trinajstić information content (AvgIpc) is 3.10. The Kier molecular flexibility index (Phi) is 9.86. The molecule has 0 atom stereocenters. The number of hydrogen-bond donors (Lipinski definition) is 3. The molecule has 5 aromatic carbocycles. The number of ether oxygens (including phenoxy) is 1. The van der Waals surface area contributed by atoms with E-state index in [2.05, 4.69) is 34.7 Å². The van der Waals surface area contributed by atoms with E-state index in [4.69, 9.17) is 8.92 Å². The van der Waals surface area contributed by atoms with Gasteiger partial charge in [0.05, 0.1) is 24.8 Å². The summed E-state index contributed by atoms with van der Waals surface area (Å²) in [5.74, 6) is -1.60. The monoisotopic (exact) mass is 766 g/mol. The van der Waals surface area contributed by atoms with Crippen molar-refractivity contribution in [1.29, 1.82) is 0 Å². The van der Waals surface area contributed by atoms with Crippen molar-refractivity contribution < 1.29 is 48.0 Å². The van der Waals surface area contributed by atoms with E-state index in [0.29, 0.717) is 11.1 Å². The maximum Gasteiger partial charge on any atom is 0.326 e. The second kappa shape index (κ2) is 14.2. The van der Waals surface area contributed by atoms with Gasteiger partial charge in [-0.15, -0.1) is 10.2 Å². The smallest absolute Gasteiger partial charge is 0.326 e. The number of nitrogens with one attached hydrogen (secondary N) is 1. The number of anilines is 2. The quantitative estimate of drug-likeness (QED) is 0.0746. The van der Waals surface area contributed by atoms with Crippen LogP contribution in [0.25, 0.3) is 21.5 Å². The van der Waals surface area contributed by atoms with Crippen LogP contribution in [-0.4, -0.2) is 64.1 Å². The Balaban J connectivity index is 1.57. The minimum atomic E-state index is -4.79. The number of azo groups is 1. The normalized spacial score (nSPS) is 12.4. The maximum absolute atomic E-state index is 13.0. The third-order valence-corrected chi connectivity index (χ3v) is 10.7. The van der Waals surface area contributed by atoms with Crippen LogP contribution in [-0.2, 0) is 44.5 Å². The van der Waals surface area contributed by atoms with Gasteiger partial charge >= 0.3 is 6.01 Å². The van der Waals surface area contributed by atoms with Crippen molar-refractivity contribution >= 4 is 74.9 Å². The van der Waals surface area contributed by atoms with Crippen LogP contribution in [0.1, 0.15) is 5.56 Å². The molecule has 1 aromatic heterocycles. The molecule has 1 heterocycles. The third-order valence-electron chi connectivity index (χ3n) is 7.42. The fraction of sp³-hybridized carbons (Fsp3) is 0.0938. The highest BCUT2D eigenvalue weighted by Gasteiger charge is 2.25. The topological polar surface area (TPSA) is 246 Å². The standard InChI is InChI=1S/C32H26N6O11S3/c1-47-51(43,44)23-15-20-14-21(17-50(40,41)42)28(38-37-25-13-12-19-8-6-7-11-24(19)30(25)52(45,46)48-2)29(39)27(20)26(16-23)35-31-33-18-34-32(36-31)49-22-9-4-3-5-10-22/h3-16,18,39H,17H2,1-2H3,(H,40,41,42)(H,33,34,35,36). The Morgan fingerprint density at radius 3 is 2.21 bits per heavy atom. The van der Waals surface area contributed by atoms with Gasteiger partial charge in [-0.3, -0.25) is 12.9 Å². The lowest BCUT2D eigenvalue weighted by Crippen LogP contribution is -2.06. The molecule has 0 aliphatic heterocycles. The van der Waals surface area contributed by atoms with Gasteiger partial charge in [0.1, 0.15) is 34.1 Å². The fourth-order valence-corrected chi connectivity index (χ4v) is 7.49. The first-order valence-electron chi connectivity index (χ1n) is 14.7. The predicted octanol–water partition coefficient (Wildman–Crippen LogP) is 5.89. The van der Waals surface area contributed by atoms with Crippen LogP contribution in [0.15, 0.2) is 111 Å². The van der Waals surface area contributed by atoms with E-state index in [1.54, 1.807) is 54.6 Å². The van der Waals surface area contributed by atoms with Gasteiger partial charge < -0.3 is 15.2 Å². The van der Waals surface area contributed by atoms with Crippen LogP contribution in [0, 0.1) is 0 Å². The van der Waals surface area contributed by atoms with E-state index in [0.717, 1.165) is 38.7 Å². The molecule has 0 saturated heterocycles. The van der Waals surface area contributed by atoms with Gasteiger partial charge in [-0.1, -0.05) is 48.5 Å². The van der Waals surface area contributed by atoms with Crippen LogP contribution >= 0.6 is 0 Å². The molecule has 52 heavy (non-hydrogen) atoms. The number of nitrogens with zero attached hydrogens (tertiary/aromatic N) is 5. The van der Waals surface area contributed by atoms with Crippen LogP contribution in [0.4, 0.5) is 23.0 Å². The summed E-state index contributed by atoms with van der Waals surface area (Å²) in [6.07, 6.45) is 1.12. The lowest BCUT2D eigenvalue weighted by molar-refractivity contribution is 0.397. The molecular weight excluding hydrogens is 741 g/mol. The zero-order valence-electron chi connectivity index (χ0n) is 26.9. The summed E-state index contributed by atoms with van der Waals surface area (Å²) in [5.41, 5.74) is -1.20. The summed E-state index contributed by atoms with van der Waals surface area (Å²) < 4.78 is 101. The van der Waals surface area contributed by atoms with Crippen molar-refractivity contribution in [2.75, 3.05) is 19.5 Å². The first-order chi connectivity index (χ1) is 24.7. The lowest BCUT2D eigenvalue weighted by atomic mass is 10.0. The van der Waals surface area contributed by atoms with Gasteiger partial charge in [-0.05, 0) is 47.2 Å². The van der Waals surface area contributed by atoms with E-state index in [1.807, 2.05) is 0 Å². The number of fused-ring (bicyclic) bond motifs is 2. The number of aromatic nitrogens is 3. The zero-order chi connectivity index (χ0) is 37.3. The minimum Gasteiger partial charge on any atom is -0.505 e. The summed E-state index contributed by atoms with van der Waals surface area (Å²) in [6.45, 7) is 0. The van der Waals surface area contributed by atoms with Crippen LogP contribution in [0.3, 0.4) is 0 Å². The first-order valence-corrected chi connectivity index (χ1v) is 19.1. The summed E-state index contributed by atoms with van der Waals surface area (Å²) in [5, 5.41) is 23.3. The molecule has 17 nitrogen and oxygen atoms in total. The van der Waals surface area contributed by atoms with E-state index in [9.17, 15) is 34.9 Å². The van der Waals surface area contributed by atoms with Crippen molar-refractivity contribution in [2.24, 2.45) is 10.2 Å². The first kappa shape index (κ1) is 36.2. The highest BCUT2D eigenvalue weighted by Crippen LogP contribution is 2.45. The van der Waals surface area contributed by atoms with Gasteiger partial charge in [0.2, 0.25) is 5.95 Å².